The number of fused-ring (bicyclic) bond motifs is 1. The van der Waals surface area contributed by atoms with E-state index in [0.29, 0.717) is 11.3 Å². The van der Waals surface area contributed by atoms with Crippen LogP contribution in [0.2, 0.25) is 0 Å². The summed E-state index contributed by atoms with van der Waals surface area (Å²) >= 11 is 3.78. The molecule has 0 bridgehead atoms. The largest absolute Gasteiger partial charge is 0.427 e. The van der Waals surface area contributed by atoms with Crippen molar-refractivity contribution in [2.75, 3.05) is 18.3 Å². The molecule has 0 saturated carbocycles. The normalized spacial score (nSPS) is 19.5. The highest BCUT2D eigenvalue weighted by atomic mass is 32.2. The second-order valence-corrected chi connectivity index (χ2v) is 12.1. The van der Waals surface area contributed by atoms with Gasteiger partial charge in [-0.3, -0.25) is 24.3 Å². The minimum atomic E-state index is -1.01. The first kappa shape index (κ1) is 28.3. The number of allylic oxidation sites excluding steroid dienone is 1. The van der Waals surface area contributed by atoms with Crippen LogP contribution in [0.1, 0.15) is 31.3 Å². The van der Waals surface area contributed by atoms with Crippen LogP contribution in [0.15, 0.2) is 39.6 Å². The van der Waals surface area contributed by atoms with E-state index in [1.807, 2.05) is 0 Å². The Bertz CT molecular complexity index is 1380. The van der Waals surface area contributed by atoms with Gasteiger partial charge in [-0.05, 0) is 32.4 Å². The third kappa shape index (κ3) is 6.12. The number of amides is 2. The van der Waals surface area contributed by atoms with Crippen LogP contribution in [0.3, 0.4) is 0 Å². The number of hydrogen-bond donors (Lipinski definition) is 3. The number of β-lactam (4-membered cyclic amide) rings is 1. The molecular weight excluding hydrogens is 568 g/mol. The molecule has 2 amide bonds. The summed E-state index contributed by atoms with van der Waals surface area (Å²) in [6, 6.07) is -1.01. The maximum atomic E-state index is 13.2. The second kappa shape index (κ2) is 11.5. The smallest absolute Gasteiger partial charge is 0.358 e. The number of anilines is 1. The summed E-state index contributed by atoms with van der Waals surface area (Å²) in [5.41, 5.74) is 6.60. The van der Waals surface area contributed by atoms with Crippen molar-refractivity contribution in [2.45, 2.75) is 32.2 Å². The van der Waals surface area contributed by atoms with E-state index in [2.05, 4.69) is 20.4 Å². The molecule has 206 valence electrons. The van der Waals surface area contributed by atoms with Crippen molar-refractivity contribution in [2.24, 2.45) is 10.6 Å². The highest BCUT2D eigenvalue weighted by molar-refractivity contribution is 8.00. The number of nitrogens with zero attached hydrogens (tertiary/aromatic N) is 4. The lowest BCUT2D eigenvalue weighted by Gasteiger charge is -2.49. The third-order valence-corrected chi connectivity index (χ3v) is 8.17. The van der Waals surface area contributed by atoms with Gasteiger partial charge >= 0.3 is 11.9 Å². The zero-order valence-electron chi connectivity index (χ0n) is 20.9. The molecule has 0 spiro atoms. The maximum absolute atomic E-state index is 13.2. The van der Waals surface area contributed by atoms with E-state index in [4.69, 9.17) is 15.2 Å². The van der Waals surface area contributed by atoms with Crippen molar-refractivity contribution < 1.29 is 33.9 Å². The number of thiazole rings is 2. The predicted molar refractivity (Wildman–Crippen MR) is 145 cm³/mol. The molecule has 1 saturated heterocycles. The lowest BCUT2D eigenvalue weighted by molar-refractivity contribution is -0.173. The van der Waals surface area contributed by atoms with E-state index in [9.17, 15) is 24.4 Å². The molecule has 2 atom stereocenters. The van der Waals surface area contributed by atoms with Gasteiger partial charge in [-0.25, -0.2) is 9.78 Å². The Kier molecular flexibility index (Phi) is 8.36. The first-order valence-electron chi connectivity index (χ1n) is 11.3. The summed E-state index contributed by atoms with van der Waals surface area (Å²) in [5.74, 6) is -2.51. The van der Waals surface area contributed by atoms with Crippen molar-refractivity contribution in [3.8, 4) is 0 Å². The number of aromatic nitrogens is 2. The number of nitrogens with two attached hydrogens (primary N) is 1. The maximum Gasteiger partial charge on any atom is 0.358 e. The van der Waals surface area contributed by atoms with Crippen LogP contribution in [-0.4, -0.2) is 73.5 Å². The molecule has 2 aliphatic rings. The number of rotatable bonds is 8. The molecule has 13 nitrogen and oxygen atoms in total. The van der Waals surface area contributed by atoms with Crippen LogP contribution in [0.25, 0.3) is 6.08 Å². The van der Waals surface area contributed by atoms with Crippen molar-refractivity contribution in [3.05, 3.63) is 45.0 Å². The zero-order chi connectivity index (χ0) is 28.3. The molecule has 1 unspecified atom stereocenters. The van der Waals surface area contributed by atoms with Gasteiger partial charge < -0.3 is 25.7 Å². The van der Waals surface area contributed by atoms with E-state index in [0.717, 1.165) is 16.2 Å². The Labute approximate surface area is 234 Å². The van der Waals surface area contributed by atoms with E-state index in [1.54, 1.807) is 44.6 Å². The van der Waals surface area contributed by atoms with E-state index in [-0.39, 0.29) is 16.5 Å². The Morgan fingerprint density at radius 2 is 2.05 bits per heavy atom. The van der Waals surface area contributed by atoms with Crippen LogP contribution in [-0.2, 0) is 28.7 Å². The van der Waals surface area contributed by atoms with E-state index >= 15 is 0 Å². The fourth-order valence-electron chi connectivity index (χ4n) is 3.49. The number of carbonyl (C=O) groups excluding carboxylic acids is 4. The van der Waals surface area contributed by atoms with Crippen LogP contribution < -0.4 is 11.1 Å². The summed E-state index contributed by atoms with van der Waals surface area (Å²) in [6.45, 7) is 4.36. The zero-order valence-corrected chi connectivity index (χ0v) is 23.4. The number of carbonyl (C=O) groups is 4. The van der Waals surface area contributed by atoms with Crippen molar-refractivity contribution in [1.82, 2.24) is 20.2 Å². The highest BCUT2D eigenvalue weighted by Crippen LogP contribution is 2.41. The van der Waals surface area contributed by atoms with Gasteiger partial charge in [-0.1, -0.05) is 11.2 Å². The van der Waals surface area contributed by atoms with Gasteiger partial charge in [0.1, 0.15) is 22.8 Å². The number of hydrogen-bond acceptors (Lipinski definition) is 14. The first-order valence-corrected chi connectivity index (χ1v) is 14.1. The lowest BCUT2D eigenvalue weighted by atomic mass is 9.98. The van der Waals surface area contributed by atoms with Crippen LogP contribution in [0, 0.1) is 5.41 Å². The molecular formula is C23H24N6O7S3. The SMILES string of the molecule is CC(C)(C)C(=O)OCOC(=O)C1=C(C=Cc2cncs2)CS[C@H]2C(NC(=O)C(=NO)c3csc(N)n3)C(=O)N12. The molecule has 0 aliphatic carbocycles. The quantitative estimate of drug-likeness (QED) is 0.101. The fraction of sp³-hybridized carbons (Fsp3) is 0.348. The summed E-state index contributed by atoms with van der Waals surface area (Å²) < 4.78 is 10.2. The summed E-state index contributed by atoms with van der Waals surface area (Å²) in [4.78, 5) is 61.1. The number of esters is 2. The van der Waals surface area contributed by atoms with Gasteiger partial charge in [-0.15, -0.1) is 34.4 Å². The molecule has 16 heteroatoms. The summed E-state index contributed by atoms with van der Waals surface area (Å²) in [6.07, 6.45) is 5.10. The minimum absolute atomic E-state index is 0.0230. The molecule has 4 N–H and O–H groups in total. The molecule has 0 radical (unpaired) electrons. The minimum Gasteiger partial charge on any atom is -0.427 e. The molecule has 2 aromatic rings. The number of oxime groups is 1. The van der Waals surface area contributed by atoms with Gasteiger partial charge in [0.05, 0.1) is 10.9 Å². The molecule has 1 fully saturated rings. The lowest BCUT2D eigenvalue weighted by Crippen LogP contribution is -2.71. The number of nitrogens with one attached hydrogen (secondary N) is 1. The van der Waals surface area contributed by atoms with Crippen molar-refractivity contribution >= 4 is 75.1 Å². The number of nitrogen functional groups attached to an aromatic ring is 1. The van der Waals surface area contributed by atoms with E-state index < -0.39 is 53.1 Å². The van der Waals surface area contributed by atoms with Gasteiger partial charge in [0, 0.05) is 22.2 Å². The Balaban J connectivity index is 1.52. The van der Waals surface area contributed by atoms with Crippen LogP contribution in [0.5, 0.6) is 0 Å². The van der Waals surface area contributed by atoms with Crippen LogP contribution in [0.4, 0.5) is 5.13 Å². The third-order valence-electron chi connectivity index (χ3n) is 5.45. The predicted octanol–water partition coefficient (Wildman–Crippen LogP) is 1.82. The first-order chi connectivity index (χ1) is 18.5. The monoisotopic (exact) mass is 592 g/mol. The fourth-order valence-corrected chi connectivity index (χ4v) is 5.87. The number of ether oxygens (including phenoxy) is 2. The Morgan fingerprint density at radius 1 is 1.28 bits per heavy atom. The second-order valence-electron chi connectivity index (χ2n) is 9.22. The Hall–Kier alpha value is -3.76. The van der Waals surface area contributed by atoms with Crippen molar-refractivity contribution in [1.29, 1.82) is 0 Å². The van der Waals surface area contributed by atoms with Gasteiger partial charge in [0.15, 0.2) is 10.8 Å². The summed E-state index contributed by atoms with van der Waals surface area (Å²) in [7, 11) is 0. The standard InChI is InChI=1S/C23H24N6O7S3/c1-23(2,3)21(33)36-10-35-20(32)16-11(4-5-12-6-25-9-39-12)7-37-19-15(18(31)29(16)19)27-17(30)14(28-34)13-8-38-22(24)26-13/h4-6,8-9,15,19,34H,7,10H2,1-3H3,(H2,24,26)(H,27,30)/t15?,19-/m0/s1. The average Bonchev–Trinajstić information content (AvgIpc) is 3.57. The van der Waals surface area contributed by atoms with Crippen LogP contribution >= 0.6 is 34.4 Å². The molecule has 4 rings (SSSR count). The number of thioether (sulfide) groups is 1. The van der Waals surface area contributed by atoms with E-state index in [1.165, 1.54) is 33.4 Å². The Morgan fingerprint density at radius 3 is 2.67 bits per heavy atom. The van der Waals surface area contributed by atoms with Gasteiger partial charge in [0.25, 0.3) is 11.8 Å². The summed E-state index contributed by atoms with van der Waals surface area (Å²) in [5, 5.41) is 15.9. The molecule has 2 aliphatic heterocycles. The molecule has 39 heavy (non-hydrogen) atoms. The molecule has 4 heterocycles. The highest BCUT2D eigenvalue weighted by Gasteiger charge is 2.54. The molecule has 2 aromatic heterocycles. The van der Waals surface area contributed by atoms with Crippen molar-refractivity contribution in [3.63, 3.8) is 0 Å². The van der Waals surface area contributed by atoms with Gasteiger partial charge in [-0.2, -0.15) is 0 Å². The topological polar surface area (TPSA) is 186 Å². The average molecular weight is 593 g/mol. The van der Waals surface area contributed by atoms with Gasteiger partial charge in [0.2, 0.25) is 6.79 Å². The molecule has 0 aromatic carbocycles.